The first kappa shape index (κ1) is 17.9. The van der Waals surface area contributed by atoms with Gasteiger partial charge in [0.1, 0.15) is 10.6 Å². The number of nitrogens with one attached hydrogen (secondary N) is 1. The number of benzene rings is 1. The number of carbonyl (C=O) groups excluding carboxylic acids is 1. The molecule has 0 aliphatic heterocycles. The van der Waals surface area contributed by atoms with E-state index in [2.05, 4.69) is 20.3 Å². The molecule has 3 rings (SSSR count). The molecule has 8 nitrogen and oxygen atoms in total. The lowest BCUT2D eigenvalue weighted by Crippen LogP contribution is -2.19. The molecule has 2 aromatic heterocycles. The standard InChI is InChI=1S/C17H17N5O3S/c1-10-14(16(23)25-3)15(19-17(24)18-10)26-11(2)13-9-22(21-20-13)12-7-5-4-6-8-12/h4-9,11H,1-3H3,(H,18,19,24). The number of esters is 1. The third-order valence-electron chi connectivity index (χ3n) is 3.71. The molecule has 1 aromatic carbocycles. The van der Waals surface area contributed by atoms with E-state index in [0.717, 1.165) is 5.69 Å². The van der Waals surface area contributed by atoms with Crippen molar-refractivity contribution in [1.29, 1.82) is 0 Å². The average Bonchev–Trinajstić information content (AvgIpc) is 3.12. The lowest BCUT2D eigenvalue weighted by Gasteiger charge is -2.11. The van der Waals surface area contributed by atoms with E-state index in [-0.39, 0.29) is 10.8 Å². The highest BCUT2D eigenvalue weighted by Crippen LogP contribution is 2.34. The molecule has 0 spiro atoms. The molecule has 0 aliphatic carbocycles. The zero-order chi connectivity index (χ0) is 18.7. The minimum atomic E-state index is -0.547. The van der Waals surface area contributed by atoms with Crippen LogP contribution < -0.4 is 5.69 Å². The summed E-state index contributed by atoms with van der Waals surface area (Å²) in [5.41, 5.74) is 1.75. The maximum atomic E-state index is 12.0. The average molecular weight is 371 g/mol. The Bertz CT molecular complexity index is 984. The highest BCUT2D eigenvalue weighted by atomic mass is 32.2. The van der Waals surface area contributed by atoms with Crippen molar-refractivity contribution in [3.8, 4) is 5.69 Å². The molecule has 1 atom stereocenters. The van der Waals surface area contributed by atoms with Crippen LogP contribution in [0.5, 0.6) is 0 Å². The second-order valence-corrected chi connectivity index (χ2v) is 6.85. The molecule has 3 aromatic rings. The van der Waals surface area contributed by atoms with E-state index in [1.165, 1.54) is 18.9 Å². The molecule has 1 N–H and O–H groups in total. The van der Waals surface area contributed by atoms with Crippen LogP contribution in [-0.2, 0) is 4.74 Å². The zero-order valence-electron chi connectivity index (χ0n) is 14.5. The maximum Gasteiger partial charge on any atom is 0.346 e. The first-order valence-corrected chi connectivity index (χ1v) is 8.71. The molecular formula is C17H17N5O3S. The fourth-order valence-electron chi connectivity index (χ4n) is 2.38. The van der Waals surface area contributed by atoms with Gasteiger partial charge in [0.2, 0.25) is 0 Å². The molecule has 0 amide bonds. The largest absolute Gasteiger partial charge is 0.465 e. The molecule has 0 fully saturated rings. The summed E-state index contributed by atoms with van der Waals surface area (Å²) >= 11 is 1.26. The summed E-state index contributed by atoms with van der Waals surface area (Å²) in [7, 11) is 1.29. The Morgan fingerprint density at radius 1 is 1.31 bits per heavy atom. The summed E-state index contributed by atoms with van der Waals surface area (Å²) in [6, 6.07) is 9.61. The third-order valence-corrected chi connectivity index (χ3v) is 4.83. The molecule has 26 heavy (non-hydrogen) atoms. The Balaban J connectivity index is 1.89. The topological polar surface area (TPSA) is 103 Å². The number of H-pyrrole nitrogens is 1. The summed E-state index contributed by atoms with van der Waals surface area (Å²) < 4.78 is 6.47. The van der Waals surface area contributed by atoms with Crippen molar-refractivity contribution in [1.82, 2.24) is 25.0 Å². The van der Waals surface area contributed by atoms with Crippen LogP contribution >= 0.6 is 11.8 Å². The van der Waals surface area contributed by atoms with Crippen LogP contribution in [0, 0.1) is 6.92 Å². The van der Waals surface area contributed by atoms with Crippen molar-refractivity contribution in [2.24, 2.45) is 0 Å². The molecule has 0 saturated carbocycles. The van der Waals surface area contributed by atoms with Crippen molar-refractivity contribution in [3.05, 3.63) is 64.0 Å². The highest BCUT2D eigenvalue weighted by molar-refractivity contribution is 7.99. The van der Waals surface area contributed by atoms with Gasteiger partial charge >= 0.3 is 11.7 Å². The molecule has 0 saturated heterocycles. The lowest BCUT2D eigenvalue weighted by molar-refractivity contribution is 0.0594. The van der Waals surface area contributed by atoms with Crippen molar-refractivity contribution >= 4 is 17.7 Å². The van der Waals surface area contributed by atoms with Gasteiger partial charge in [0, 0.05) is 5.69 Å². The number of hydrogen-bond donors (Lipinski definition) is 1. The SMILES string of the molecule is COC(=O)c1c(SC(C)c2cn(-c3ccccc3)nn2)nc(=O)[nH]c1C. The van der Waals surface area contributed by atoms with Crippen LogP contribution in [0.1, 0.15) is 33.9 Å². The van der Waals surface area contributed by atoms with Gasteiger partial charge in [0.25, 0.3) is 0 Å². The van der Waals surface area contributed by atoms with Crippen molar-refractivity contribution in [2.75, 3.05) is 7.11 Å². The molecule has 0 radical (unpaired) electrons. The van der Waals surface area contributed by atoms with E-state index in [4.69, 9.17) is 4.74 Å². The lowest BCUT2D eigenvalue weighted by atomic mass is 10.2. The van der Waals surface area contributed by atoms with E-state index in [9.17, 15) is 9.59 Å². The fraction of sp³-hybridized carbons (Fsp3) is 0.235. The molecular weight excluding hydrogens is 354 g/mol. The van der Waals surface area contributed by atoms with Gasteiger partial charge in [0.05, 0.1) is 29.9 Å². The number of methoxy groups -OCH3 is 1. The van der Waals surface area contributed by atoms with Gasteiger partial charge in [-0.05, 0) is 26.0 Å². The number of carbonyl (C=O) groups is 1. The normalized spacial score (nSPS) is 12.0. The first-order chi connectivity index (χ1) is 12.5. The van der Waals surface area contributed by atoms with E-state index in [1.54, 1.807) is 11.6 Å². The van der Waals surface area contributed by atoms with Gasteiger partial charge in [0.15, 0.2) is 0 Å². The number of aryl methyl sites for hydroxylation is 1. The summed E-state index contributed by atoms with van der Waals surface area (Å²) in [5.74, 6) is -0.547. The minimum absolute atomic E-state index is 0.176. The van der Waals surface area contributed by atoms with Crippen molar-refractivity contribution < 1.29 is 9.53 Å². The number of nitrogens with zero attached hydrogens (tertiary/aromatic N) is 4. The Labute approximate surface area is 153 Å². The Morgan fingerprint density at radius 2 is 2.04 bits per heavy atom. The summed E-state index contributed by atoms with van der Waals surface area (Å²) in [6.45, 7) is 3.54. The number of hydrogen-bond acceptors (Lipinski definition) is 7. The molecule has 9 heteroatoms. The molecule has 1 unspecified atom stereocenters. The predicted molar refractivity (Wildman–Crippen MR) is 96.6 cm³/mol. The van der Waals surface area contributed by atoms with Crippen LogP contribution in [0.15, 0.2) is 46.3 Å². The second kappa shape index (κ2) is 7.52. The number of aromatic amines is 1. The molecule has 2 heterocycles. The zero-order valence-corrected chi connectivity index (χ0v) is 15.3. The molecule has 0 aliphatic rings. The first-order valence-electron chi connectivity index (χ1n) is 7.83. The molecule has 0 bridgehead atoms. The summed E-state index contributed by atoms with van der Waals surface area (Å²) in [6.07, 6.45) is 1.81. The van der Waals surface area contributed by atoms with Crippen LogP contribution in [0.3, 0.4) is 0 Å². The quantitative estimate of drug-likeness (QED) is 0.417. The van der Waals surface area contributed by atoms with Crippen LogP contribution in [0.25, 0.3) is 5.69 Å². The fourth-order valence-corrected chi connectivity index (χ4v) is 3.44. The van der Waals surface area contributed by atoms with E-state index in [1.807, 2.05) is 43.5 Å². The smallest absolute Gasteiger partial charge is 0.346 e. The van der Waals surface area contributed by atoms with Gasteiger partial charge in [-0.15, -0.1) is 5.10 Å². The summed E-state index contributed by atoms with van der Waals surface area (Å²) in [5, 5.41) is 8.45. The number of para-hydroxylation sites is 1. The number of thioether (sulfide) groups is 1. The van der Waals surface area contributed by atoms with E-state index < -0.39 is 11.7 Å². The Morgan fingerprint density at radius 3 is 2.73 bits per heavy atom. The van der Waals surface area contributed by atoms with Gasteiger partial charge < -0.3 is 9.72 Å². The Hall–Kier alpha value is -2.94. The predicted octanol–water partition coefficient (Wildman–Crippen LogP) is 2.30. The van der Waals surface area contributed by atoms with Gasteiger partial charge in [-0.3, -0.25) is 0 Å². The third kappa shape index (κ3) is 3.67. The van der Waals surface area contributed by atoms with Crippen LogP contribution in [0.2, 0.25) is 0 Å². The molecule has 134 valence electrons. The maximum absolute atomic E-state index is 12.0. The van der Waals surface area contributed by atoms with Crippen molar-refractivity contribution in [3.63, 3.8) is 0 Å². The number of aromatic nitrogens is 5. The van der Waals surface area contributed by atoms with Gasteiger partial charge in [-0.25, -0.2) is 14.3 Å². The second-order valence-electron chi connectivity index (χ2n) is 5.52. The number of rotatable bonds is 5. The monoisotopic (exact) mass is 371 g/mol. The van der Waals surface area contributed by atoms with E-state index in [0.29, 0.717) is 16.4 Å². The highest BCUT2D eigenvalue weighted by Gasteiger charge is 2.22. The Kier molecular flexibility index (Phi) is 5.17. The minimum Gasteiger partial charge on any atom is -0.465 e. The van der Waals surface area contributed by atoms with Gasteiger partial charge in [-0.2, -0.15) is 4.98 Å². The van der Waals surface area contributed by atoms with E-state index >= 15 is 0 Å². The van der Waals surface area contributed by atoms with Crippen LogP contribution in [-0.4, -0.2) is 38.0 Å². The van der Waals surface area contributed by atoms with Crippen molar-refractivity contribution in [2.45, 2.75) is 24.1 Å². The summed E-state index contributed by atoms with van der Waals surface area (Å²) in [4.78, 5) is 30.2. The number of ether oxygens (including phenoxy) is 1. The van der Waals surface area contributed by atoms with Crippen LogP contribution in [0.4, 0.5) is 0 Å². The van der Waals surface area contributed by atoms with Gasteiger partial charge in [-0.1, -0.05) is 35.2 Å².